The lowest BCUT2D eigenvalue weighted by Crippen LogP contribution is -2.45. The van der Waals surface area contributed by atoms with Crippen molar-refractivity contribution in [3.05, 3.63) is 30.1 Å². The Kier molecular flexibility index (Phi) is 2.98. The number of aromatic amines is 1. The Morgan fingerprint density at radius 2 is 2.05 bits per heavy atom. The van der Waals surface area contributed by atoms with E-state index in [9.17, 15) is 0 Å². The van der Waals surface area contributed by atoms with Crippen LogP contribution in [0.25, 0.3) is 11.4 Å². The number of aryl methyl sites for hydroxylation is 1. The molecule has 2 aromatic rings. The summed E-state index contributed by atoms with van der Waals surface area (Å²) in [6.07, 6.45) is 0. The Labute approximate surface area is 112 Å². The van der Waals surface area contributed by atoms with E-state index in [0.717, 1.165) is 42.7 Å². The molecule has 0 aliphatic carbocycles. The number of H-pyrrole nitrogens is 1. The summed E-state index contributed by atoms with van der Waals surface area (Å²) in [5.74, 6) is 1.57. The van der Waals surface area contributed by atoms with Crippen LogP contribution in [0.2, 0.25) is 0 Å². The molecule has 5 nitrogen and oxygen atoms in total. The van der Waals surface area contributed by atoms with Gasteiger partial charge >= 0.3 is 0 Å². The molecule has 1 fully saturated rings. The van der Waals surface area contributed by atoms with Gasteiger partial charge in [-0.25, -0.2) is 4.98 Å². The molecule has 0 atom stereocenters. The average molecular weight is 258 g/mol. The Morgan fingerprint density at radius 3 is 2.58 bits per heavy atom. The van der Waals surface area contributed by atoms with Crippen LogP contribution < -0.4 is 5.32 Å². The molecule has 1 saturated heterocycles. The summed E-state index contributed by atoms with van der Waals surface area (Å²) in [5, 5.41) is 10.4. The molecule has 100 valence electrons. The van der Waals surface area contributed by atoms with Gasteiger partial charge in [0.25, 0.3) is 0 Å². The molecule has 2 heterocycles. The van der Waals surface area contributed by atoms with Gasteiger partial charge in [0, 0.05) is 23.2 Å². The number of nitrogens with zero attached hydrogens (tertiary/aromatic N) is 2. The molecule has 5 heteroatoms. The number of nitrogens with one attached hydrogen (secondary N) is 2. The van der Waals surface area contributed by atoms with Crippen molar-refractivity contribution in [3.63, 3.8) is 0 Å². The van der Waals surface area contributed by atoms with Crippen molar-refractivity contribution < 1.29 is 4.74 Å². The van der Waals surface area contributed by atoms with Crippen LogP contribution in [-0.4, -0.2) is 34.9 Å². The van der Waals surface area contributed by atoms with Gasteiger partial charge in [0.2, 0.25) is 0 Å². The normalized spacial score (nSPS) is 16.9. The molecular formula is C14H18N4O. The highest BCUT2D eigenvalue weighted by Gasteiger charge is 2.32. The Morgan fingerprint density at radius 1 is 1.32 bits per heavy atom. The summed E-state index contributed by atoms with van der Waals surface area (Å²) in [6.45, 7) is 6.75. The minimum Gasteiger partial charge on any atom is -0.384 e. The Balaban J connectivity index is 1.65. The SMILES string of the molecule is Cc1nc(-c2ccc(NCC3(C)COC3)cc2)n[nH]1. The van der Waals surface area contributed by atoms with E-state index < -0.39 is 0 Å². The maximum absolute atomic E-state index is 5.25. The molecule has 1 aromatic heterocycles. The number of aromatic nitrogens is 3. The Bertz CT molecular complexity index is 557. The quantitative estimate of drug-likeness (QED) is 0.882. The first-order valence-electron chi connectivity index (χ1n) is 6.46. The van der Waals surface area contributed by atoms with Gasteiger partial charge in [-0.2, -0.15) is 5.10 Å². The lowest BCUT2D eigenvalue weighted by atomic mass is 9.89. The highest BCUT2D eigenvalue weighted by Crippen LogP contribution is 2.27. The lowest BCUT2D eigenvalue weighted by molar-refractivity contribution is -0.0924. The summed E-state index contributed by atoms with van der Waals surface area (Å²) in [6, 6.07) is 8.18. The maximum atomic E-state index is 5.25. The molecule has 0 radical (unpaired) electrons. The van der Waals surface area contributed by atoms with E-state index in [1.165, 1.54) is 0 Å². The third kappa shape index (κ3) is 2.61. The summed E-state index contributed by atoms with van der Waals surface area (Å²) < 4.78 is 5.25. The molecule has 19 heavy (non-hydrogen) atoms. The minimum absolute atomic E-state index is 0.277. The summed E-state index contributed by atoms with van der Waals surface area (Å²) >= 11 is 0. The van der Waals surface area contributed by atoms with Gasteiger partial charge in [-0.1, -0.05) is 6.92 Å². The molecule has 1 aliphatic rings. The standard InChI is InChI=1S/C14H18N4O/c1-10-16-13(18-17-10)11-3-5-12(6-4-11)15-7-14(2)8-19-9-14/h3-6,15H,7-9H2,1-2H3,(H,16,17,18). The van der Waals surface area contributed by atoms with Gasteiger partial charge in [0.15, 0.2) is 5.82 Å². The third-order valence-corrected chi connectivity index (χ3v) is 3.36. The van der Waals surface area contributed by atoms with Crippen molar-refractivity contribution in [1.29, 1.82) is 0 Å². The van der Waals surface area contributed by atoms with Gasteiger partial charge < -0.3 is 10.1 Å². The first-order chi connectivity index (χ1) is 9.15. The molecule has 2 N–H and O–H groups in total. The second-order valence-electron chi connectivity index (χ2n) is 5.48. The molecular weight excluding hydrogens is 240 g/mol. The van der Waals surface area contributed by atoms with Crippen molar-refractivity contribution in [2.24, 2.45) is 5.41 Å². The van der Waals surface area contributed by atoms with Gasteiger partial charge in [0.05, 0.1) is 13.2 Å². The third-order valence-electron chi connectivity index (χ3n) is 3.36. The van der Waals surface area contributed by atoms with Crippen molar-refractivity contribution in [2.45, 2.75) is 13.8 Å². The number of ether oxygens (including phenoxy) is 1. The fourth-order valence-corrected chi connectivity index (χ4v) is 2.08. The van der Waals surface area contributed by atoms with Crippen LogP contribution in [0, 0.1) is 12.3 Å². The van der Waals surface area contributed by atoms with E-state index in [0.29, 0.717) is 0 Å². The largest absolute Gasteiger partial charge is 0.384 e. The first-order valence-corrected chi connectivity index (χ1v) is 6.46. The fourth-order valence-electron chi connectivity index (χ4n) is 2.08. The number of rotatable bonds is 4. The van der Waals surface area contributed by atoms with Crippen LogP contribution in [0.5, 0.6) is 0 Å². The summed E-state index contributed by atoms with van der Waals surface area (Å²) in [7, 11) is 0. The second kappa shape index (κ2) is 4.66. The zero-order valence-electron chi connectivity index (χ0n) is 11.2. The van der Waals surface area contributed by atoms with E-state index >= 15 is 0 Å². The van der Waals surface area contributed by atoms with Crippen molar-refractivity contribution in [3.8, 4) is 11.4 Å². The van der Waals surface area contributed by atoms with Crippen LogP contribution in [0.15, 0.2) is 24.3 Å². The van der Waals surface area contributed by atoms with E-state index in [-0.39, 0.29) is 5.41 Å². The van der Waals surface area contributed by atoms with Crippen LogP contribution in [-0.2, 0) is 4.74 Å². The highest BCUT2D eigenvalue weighted by atomic mass is 16.5. The molecule has 0 bridgehead atoms. The van der Waals surface area contributed by atoms with Crippen LogP contribution in [0.1, 0.15) is 12.7 Å². The smallest absolute Gasteiger partial charge is 0.181 e. The molecule has 1 aliphatic heterocycles. The number of hydrogen-bond acceptors (Lipinski definition) is 4. The molecule has 0 amide bonds. The van der Waals surface area contributed by atoms with Gasteiger partial charge in [-0.3, -0.25) is 5.10 Å². The van der Waals surface area contributed by atoms with Crippen molar-refractivity contribution in [2.75, 3.05) is 25.1 Å². The van der Waals surface area contributed by atoms with Crippen LogP contribution >= 0.6 is 0 Å². The van der Waals surface area contributed by atoms with Crippen molar-refractivity contribution in [1.82, 2.24) is 15.2 Å². The molecule has 3 rings (SSSR count). The van der Waals surface area contributed by atoms with Gasteiger partial charge in [-0.05, 0) is 31.2 Å². The predicted octanol–water partition coefficient (Wildman–Crippen LogP) is 2.23. The lowest BCUT2D eigenvalue weighted by Gasteiger charge is -2.38. The van der Waals surface area contributed by atoms with E-state index in [1.807, 2.05) is 19.1 Å². The Hall–Kier alpha value is -1.88. The first kappa shape index (κ1) is 12.2. The average Bonchev–Trinajstić information content (AvgIpc) is 2.81. The zero-order chi connectivity index (χ0) is 13.3. The molecule has 0 unspecified atom stereocenters. The zero-order valence-corrected chi connectivity index (χ0v) is 11.2. The fraction of sp³-hybridized carbons (Fsp3) is 0.429. The maximum Gasteiger partial charge on any atom is 0.181 e. The highest BCUT2D eigenvalue weighted by molar-refractivity contribution is 5.59. The summed E-state index contributed by atoms with van der Waals surface area (Å²) in [4.78, 5) is 4.31. The van der Waals surface area contributed by atoms with Crippen LogP contribution in [0.3, 0.4) is 0 Å². The van der Waals surface area contributed by atoms with Gasteiger partial charge in [0.1, 0.15) is 5.82 Å². The number of benzene rings is 1. The topological polar surface area (TPSA) is 62.8 Å². The number of anilines is 1. The van der Waals surface area contributed by atoms with E-state index in [2.05, 4.69) is 39.6 Å². The summed E-state index contributed by atoms with van der Waals surface area (Å²) in [5.41, 5.74) is 2.41. The monoisotopic (exact) mass is 258 g/mol. The minimum atomic E-state index is 0.277. The van der Waals surface area contributed by atoms with Gasteiger partial charge in [-0.15, -0.1) is 0 Å². The number of hydrogen-bond donors (Lipinski definition) is 2. The molecule has 0 saturated carbocycles. The van der Waals surface area contributed by atoms with E-state index in [1.54, 1.807) is 0 Å². The molecule has 0 spiro atoms. The predicted molar refractivity (Wildman–Crippen MR) is 74.0 cm³/mol. The second-order valence-corrected chi connectivity index (χ2v) is 5.48. The van der Waals surface area contributed by atoms with Crippen LogP contribution in [0.4, 0.5) is 5.69 Å². The molecule has 1 aromatic carbocycles. The van der Waals surface area contributed by atoms with Crippen molar-refractivity contribution >= 4 is 5.69 Å². The van der Waals surface area contributed by atoms with E-state index in [4.69, 9.17) is 4.74 Å².